The van der Waals surface area contributed by atoms with Crippen molar-refractivity contribution in [3.05, 3.63) is 72.6 Å². The van der Waals surface area contributed by atoms with Crippen molar-refractivity contribution < 1.29 is 19.5 Å². The first-order valence-electron chi connectivity index (χ1n) is 12.6. The lowest BCUT2D eigenvalue weighted by Crippen LogP contribution is -2.54. The number of carbonyl (C=O) groups is 3. The fraction of sp³-hybridized carbons (Fsp3) is 0.333. The van der Waals surface area contributed by atoms with Gasteiger partial charge in [0.1, 0.15) is 12.1 Å². The van der Waals surface area contributed by atoms with Gasteiger partial charge in [-0.15, -0.1) is 0 Å². The van der Waals surface area contributed by atoms with E-state index < -0.39 is 23.5 Å². The topological polar surface area (TPSA) is 124 Å². The first kappa shape index (κ1) is 28.2. The number of aliphatic carboxylic acids is 1. The minimum absolute atomic E-state index is 0.0488. The van der Waals surface area contributed by atoms with Crippen LogP contribution in [0.2, 0.25) is 0 Å². The summed E-state index contributed by atoms with van der Waals surface area (Å²) in [5.41, 5.74) is 3.99. The Morgan fingerprint density at radius 2 is 1.47 bits per heavy atom. The molecule has 0 unspecified atom stereocenters. The molecule has 3 N–H and O–H groups in total. The molecule has 0 aliphatic rings. The summed E-state index contributed by atoms with van der Waals surface area (Å²) in [4.78, 5) is 37.0. The van der Waals surface area contributed by atoms with Gasteiger partial charge < -0.3 is 20.3 Å². The SMILES string of the molecule is CNC(=O)[C@@H](NC(=O)[C@H](CCCC(=O)O)n1ccc(-c2ccc(-c3ccc(C#N)cc3)cc2)c1)C(C)(C)C. The van der Waals surface area contributed by atoms with Crippen LogP contribution in [0.3, 0.4) is 0 Å². The highest BCUT2D eigenvalue weighted by molar-refractivity contribution is 5.89. The number of nitrogens with one attached hydrogen (secondary N) is 2. The van der Waals surface area contributed by atoms with Crippen LogP contribution in [0.1, 0.15) is 51.6 Å². The Morgan fingerprint density at radius 3 is 1.97 bits per heavy atom. The van der Waals surface area contributed by atoms with Crippen LogP contribution in [0.5, 0.6) is 0 Å². The molecule has 0 spiro atoms. The third-order valence-electron chi connectivity index (χ3n) is 6.47. The molecule has 3 aromatic rings. The zero-order chi connectivity index (χ0) is 27.9. The van der Waals surface area contributed by atoms with Gasteiger partial charge in [-0.3, -0.25) is 14.4 Å². The number of benzene rings is 2. The summed E-state index contributed by atoms with van der Waals surface area (Å²) in [6, 6.07) is 18.0. The second-order valence-electron chi connectivity index (χ2n) is 10.3. The summed E-state index contributed by atoms with van der Waals surface area (Å²) >= 11 is 0. The van der Waals surface area contributed by atoms with E-state index in [2.05, 4.69) is 16.7 Å². The maximum Gasteiger partial charge on any atom is 0.303 e. The van der Waals surface area contributed by atoms with Gasteiger partial charge in [-0.2, -0.15) is 5.26 Å². The number of carboxylic acid groups (broad SMARTS) is 1. The third kappa shape index (κ3) is 7.10. The predicted molar refractivity (Wildman–Crippen MR) is 146 cm³/mol. The highest BCUT2D eigenvalue weighted by Gasteiger charge is 2.34. The number of hydrogen-bond acceptors (Lipinski definition) is 4. The van der Waals surface area contributed by atoms with E-state index in [1.807, 2.05) is 69.4 Å². The number of likely N-dealkylation sites (N-methyl/N-ethyl adjacent to an activating group) is 1. The normalized spacial score (nSPS) is 12.7. The third-order valence-corrected chi connectivity index (χ3v) is 6.47. The summed E-state index contributed by atoms with van der Waals surface area (Å²) < 4.78 is 1.78. The second-order valence-corrected chi connectivity index (χ2v) is 10.3. The molecular formula is C30H34N4O4. The van der Waals surface area contributed by atoms with E-state index in [0.29, 0.717) is 18.4 Å². The molecular weight excluding hydrogens is 480 g/mol. The van der Waals surface area contributed by atoms with Crippen LogP contribution >= 0.6 is 0 Å². The number of rotatable bonds is 10. The highest BCUT2D eigenvalue weighted by atomic mass is 16.4. The first-order valence-corrected chi connectivity index (χ1v) is 12.6. The van der Waals surface area contributed by atoms with E-state index in [0.717, 1.165) is 22.3 Å². The summed E-state index contributed by atoms with van der Waals surface area (Å²) in [6.45, 7) is 5.63. The van der Waals surface area contributed by atoms with Crippen molar-refractivity contribution in [2.45, 2.75) is 52.1 Å². The monoisotopic (exact) mass is 514 g/mol. The van der Waals surface area contributed by atoms with Gasteiger partial charge in [-0.25, -0.2) is 0 Å². The molecule has 0 aliphatic carbocycles. The molecule has 198 valence electrons. The molecule has 2 amide bonds. The minimum Gasteiger partial charge on any atom is -0.481 e. The number of carbonyl (C=O) groups excluding carboxylic acids is 2. The van der Waals surface area contributed by atoms with Crippen molar-refractivity contribution in [2.24, 2.45) is 5.41 Å². The lowest BCUT2D eigenvalue weighted by molar-refractivity contribution is -0.137. The summed E-state index contributed by atoms with van der Waals surface area (Å²) in [5.74, 6) is -1.54. The van der Waals surface area contributed by atoms with Gasteiger partial charge in [0.2, 0.25) is 11.8 Å². The molecule has 8 nitrogen and oxygen atoms in total. The molecule has 0 saturated heterocycles. The van der Waals surface area contributed by atoms with Crippen LogP contribution in [0.15, 0.2) is 67.0 Å². The number of hydrogen-bond donors (Lipinski definition) is 3. The number of amides is 2. The number of nitriles is 1. The summed E-state index contributed by atoms with van der Waals surface area (Å²) in [5, 5.41) is 23.6. The van der Waals surface area contributed by atoms with Crippen LogP contribution in [0, 0.1) is 16.7 Å². The van der Waals surface area contributed by atoms with E-state index in [1.165, 1.54) is 7.05 Å². The molecule has 0 aliphatic heterocycles. The van der Waals surface area contributed by atoms with Gasteiger partial charge >= 0.3 is 5.97 Å². The van der Waals surface area contributed by atoms with Crippen molar-refractivity contribution >= 4 is 17.8 Å². The van der Waals surface area contributed by atoms with Gasteiger partial charge in [0.25, 0.3) is 0 Å². The van der Waals surface area contributed by atoms with Crippen LogP contribution in [-0.2, 0) is 14.4 Å². The van der Waals surface area contributed by atoms with Gasteiger partial charge in [0, 0.05) is 25.9 Å². The van der Waals surface area contributed by atoms with Crippen molar-refractivity contribution in [3.63, 3.8) is 0 Å². The number of aromatic nitrogens is 1. The standard InChI is InChI=1S/C30H34N4O4/c1-30(2,3)27(29(38)32-4)33-28(37)25(6-5-7-26(35)36)34-17-16-24(19-34)23-14-12-22(13-15-23)21-10-8-20(18-31)9-11-21/h8-17,19,25,27H,5-7H2,1-4H3,(H,32,38)(H,33,37)(H,35,36)/t25-,27+/m0/s1. The van der Waals surface area contributed by atoms with Crippen LogP contribution < -0.4 is 10.6 Å². The minimum atomic E-state index is -0.919. The van der Waals surface area contributed by atoms with E-state index in [9.17, 15) is 14.4 Å². The zero-order valence-electron chi connectivity index (χ0n) is 22.2. The zero-order valence-corrected chi connectivity index (χ0v) is 22.2. The van der Waals surface area contributed by atoms with Crippen molar-refractivity contribution in [1.82, 2.24) is 15.2 Å². The average molecular weight is 515 g/mol. The van der Waals surface area contributed by atoms with Gasteiger partial charge in [-0.1, -0.05) is 57.2 Å². The van der Waals surface area contributed by atoms with Crippen molar-refractivity contribution in [2.75, 3.05) is 7.05 Å². The van der Waals surface area contributed by atoms with Gasteiger partial charge in [0.15, 0.2) is 0 Å². The lowest BCUT2D eigenvalue weighted by atomic mass is 9.86. The van der Waals surface area contributed by atoms with Crippen LogP contribution in [-0.4, -0.2) is 40.5 Å². The Balaban J connectivity index is 1.84. The molecule has 0 saturated carbocycles. The first-order chi connectivity index (χ1) is 18.0. The molecule has 0 fully saturated rings. The number of carboxylic acids is 1. The molecule has 3 rings (SSSR count). The average Bonchev–Trinajstić information content (AvgIpc) is 3.38. The molecule has 0 radical (unpaired) electrons. The van der Waals surface area contributed by atoms with E-state index >= 15 is 0 Å². The Kier molecular flexibility index (Phi) is 9.08. The van der Waals surface area contributed by atoms with Crippen LogP contribution in [0.4, 0.5) is 0 Å². The smallest absolute Gasteiger partial charge is 0.303 e. The predicted octanol–water partition coefficient (Wildman–Crippen LogP) is 4.77. The molecule has 0 bridgehead atoms. The molecule has 38 heavy (non-hydrogen) atoms. The molecule has 2 atom stereocenters. The molecule has 1 aromatic heterocycles. The maximum atomic E-state index is 13.4. The van der Waals surface area contributed by atoms with Gasteiger partial charge in [0.05, 0.1) is 11.6 Å². The van der Waals surface area contributed by atoms with Crippen molar-refractivity contribution in [3.8, 4) is 28.3 Å². The number of nitrogens with zero attached hydrogens (tertiary/aromatic N) is 2. The highest BCUT2D eigenvalue weighted by Crippen LogP contribution is 2.28. The molecule has 1 heterocycles. The van der Waals surface area contributed by atoms with Crippen molar-refractivity contribution in [1.29, 1.82) is 5.26 Å². The fourth-order valence-electron chi connectivity index (χ4n) is 4.29. The van der Waals surface area contributed by atoms with E-state index in [-0.39, 0.29) is 18.2 Å². The summed E-state index contributed by atoms with van der Waals surface area (Å²) in [7, 11) is 1.53. The largest absolute Gasteiger partial charge is 0.481 e. The maximum absolute atomic E-state index is 13.4. The van der Waals surface area contributed by atoms with Crippen LogP contribution in [0.25, 0.3) is 22.3 Å². The Labute approximate surface area is 223 Å². The Hall–Kier alpha value is -4.38. The lowest BCUT2D eigenvalue weighted by Gasteiger charge is -2.31. The Morgan fingerprint density at radius 1 is 0.921 bits per heavy atom. The second kappa shape index (κ2) is 12.2. The summed E-state index contributed by atoms with van der Waals surface area (Å²) in [6.07, 6.45) is 4.26. The quantitative estimate of drug-likeness (QED) is 0.360. The fourth-order valence-corrected chi connectivity index (χ4v) is 4.29. The molecule has 8 heteroatoms. The van der Waals surface area contributed by atoms with Gasteiger partial charge in [-0.05, 0) is 58.7 Å². The molecule has 2 aromatic carbocycles. The Bertz CT molecular complexity index is 1310. The van der Waals surface area contributed by atoms with E-state index in [1.54, 1.807) is 22.9 Å². The van der Waals surface area contributed by atoms with E-state index in [4.69, 9.17) is 10.4 Å².